The van der Waals surface area contributed by atoms with Gasteiger partial charge in [0.25, 0.3) is 0 Å². The summed E-state index contributed by atoms with van der Waals surface area (Å²) in [6.45, 7) is 4.51. The van der Waals surface area contributed by atoms with Gasteiger partial charge in [0.1, 0.15) is 5.01 Å². The SMILES string of the molecule is CCC(C)N(CCC(=O)Nc1nnc(-c2cccc(Br)c2)s1)C(=O)C1CC1c1ccccc1. The van der Waals surface area contributed by atoms with Crippen molar-refractivity contribution < 1.29 is 9.59 Å². The number of amides is 2. The lowest BCUT2D eigenvalue weighted by Crippen LogP contribution is -2.41. The van der Waals surface area contributed by atoms with Gasteiger partial charge in [0.15, 0.2) is 0 Å². The lowest BCUT2D eigenvalue weighted by atomic mass is 10.1. The van der Waals surface area contributed by atoms with E-state index in [0.29, 0.717) is 11.7 Å². The summed E-state index contributed by atoms with van der Waals surface area (Å²) in [6.07, 6.45) is 1.96. The highest BCUT2D eigenvalue weighted by atomic mass is 79.9. The van der Waals surface area contributed by atoms with Crippen molar-refractivity contribution >= 4 is 44.2 Å². The number of nitrogens with zero attached hydrogens (tertiary/aromatic N) is 3. The van der Waals surface area contributed by atoms with Gasteiger partial charge in [-0.15, -0.1) is 10.2 Å². The van der Waals surface area contributed by atoms with Gasteiger partial charge in [0.05, 0.1) is 0 Å². The number of hydrogen-bond acceptors (Lipinski definition) is 5. The molecular weight excluding hydrogens is 500 g/mol. The van der Waals surface area contributed by atoms with Crippen molar-refractivity contribution in [2.75, 3.05) is 11.9 Å². The first-order valence-electron chi connectivity index (χ1n) is 11.2. The number of carbonyl (C=O) groups is 2. The molecule has 6 nitrogen and oxygen atoms in total. The Bertz CT molecular complexity index is 1120. The molecule has 1 fully saturated rings. The zero-order valence-electron chi connectivity index (χ0n) is 18.7. The monoisotopic (exact) mass is 526 g/mol. The Hall–Kier alpha value is -2.58. The molecule has 4 rings (SSSR count). The van der Waals surface area contributed by atoms with Gasteiger partial charge in [-0.05, 0) is 43.4 Å². The van der Waals surface area contributed by atoms with E-state index in [1.54, 1.807) is 0 Å². The number of carbonyl (C=O) groups excluding carboxylic acids is 2. The fraction of sp³-hybridized carbons (Fsp3) is 0.360. The molecule has 172 valence electrons. The van der Waals surface area contributed by atoms with Crippen LogP contribution in [-0.2, 0) is 9.59 Å². The summed E-state index contributed by atoms with van der Waals surface area (Å²) >= 11 is 4.79. The van der Waals surface area contributed by atoms with Gasteiger partial charge in [-0.1, -0.05) is 76.7 Å². The Morgan fingerprint density at radius 1 is 1.18 bits per heavy atom. The zero-order chi connectivity index (χ0) is 23.4. The number of halogens is 1. The molecule has 1 heterocycles. The number of hydrogen-bond donors (Lipinski definition) is 1. The van der Waals surface area contributed by atoms with Crippen LogP contribution >= 0.6 is 27.3 Å². The minimum Gasteiger partial charge on any atom is -0.339 e. The summed E-state index contributed by atoms with van der Waals surface area (Å²) in [6, 6.07) is 18.1. The maximum Gasteiger partial charge on any atom is 0.227 e. The van der Waals surface area contributed by atoms with Crippen molar-refractivity contribution in [1.82, 2.24) is 15.1 Å². The molecule has 2 aromatic carbocycles. The van der Waals surface area contributed by atoms with Gasteiger partial charge >= 0.3 is 0 Å². The number of aromatic nitrogens is 2. The van der Waals surface area contributed by atoms with E-state index in [1.165, 1.54) is 16.9 Å². The molecule has 2 amide bonds. The second-order valence-corrected chi connectivity index (χ2v) is 10.3. The second kappa shape index (κ2) is 10.6. The Morgan fingerprint density at radius 2 is 1.97 bits per heavy atom. The maximum atomic E-state index is 13.2. The van der Waals surface area contributed by atoms with Crippen LogP contribution in [0.1, 0.15) is 44.6 Å². The standard InChI is InChI=1S/C25H27BrN4O2S/c1-3-16(2)30(24(32)21-15-20(21)17-8-5-4-6-9-17)13-12-22(31)27-25-29-28-23(33-25)18-10-7-11-19(26)14-18/h4-11,14,16,20-21H,3,12-13,15H2,1-2H3,(H,27,29,31). The smallest absolute Gasteiger partial charge is 0.227 e. The van der Waals surface area contributed by atoms with E-state index in [-0.39, 0.29) is 36.1 Å². The average Bonchev–Trinajstić information content (AvgIpc) is 3.50. The van der Waals surface area contributed by atoms with Crippen LogP contribution in [0.15, 0.2) is 59.1 Å². The molecule has 3 atom stereocenters. The van der Waals surface area contributed by atoms with Crippen LogP contribution in [0.3, 0.4) is 0 Å². The third kappa shape index (κ3) is 5.86. The maximum absolute atomic E-state index is 13.2. The van der Waals surface area contributed by atoms with E-state index in [2.05, 4.69) is 50.5 Å². The quantitative estimate of drug-likeness (QED) is 0.386. The molecule has 0 radical (unpaired) electrons. The molecule has 0 bridgehead atoms. The van der Waals surface area contributed by atoms with Crippen LogP contribution in [-0.4, -0.2) is 39.5 Å². The Labute approximate surface area is 206 Å². The predicted molar refractivity (Wildman–Crippen MR) is 135 cm³/mol. The van der Waals surface area contributed by atoms with Crippen LogP contribution in [0.4, 0.5) is 5.13 Å². The minimum absolute atomic E-state index is 0.0142. The number of nitrogens with one attached hydrogen (secondary N) is 1. The van der Waals surface area contributed by atoms with E-state index >= 15 is 0 Å². The lowest BCUT2D eigenvalue weighted by Gasteiger charge is -2.29. The number of rotatable bonds is 9. The molecule has 1 N–H and O–H groups in total. The third-order valence-corrected chi connectivity index (χ3v) is 7.45. The van der Waals surface area contributed by atoms with Crippen LogP contribution in [0.25, 0.3) is 10.6 Å². The fourth-order valence-electron chi connectivity index (χ4n) is 3.93. The van der Waals surface area contributed by atoms with E-state index in [1.807, 2.05) is 54.3 Å². The van der Waals surface area contributed by atoms with Crippen LogP contribution < -0.4 is 5.32 Å². The highest BCUT2D eigenvalue weighted by Crippen LogP contribution is 2.48. The minimum atomic E-state index is -0.163. The molecule has 1 saturated carbocycles. The zero-order valence-corrected chi connectivity index (χ0v) is 21.1. The van der Waals surface area contributed by atoms with Crippen molar-refractivity contribution in [2.24, 2.45) is 5.92 Å². The van der Waals surface area contributed by atoms with E-state index in [0.717, 1.165) is 27.9 Å². The first-order valence-corrected chi connectivity index (χ1v) is 12.8. The Morgan fingerprint density at radius 3 is 2.70 bits per heavy atom. The van der Waals surface area contributed by atoms with Gasteiger partial charge in [0.2, 0.25) is 16.9 Å². The first-order chi connectivity index (χ1) is 16.0. The van der Waals surface area contributed by atoms with Crippen molar-refractivity contribution in [1.29, 1.82) is 0 Å². The fourth-order valence-corrected chi connectivity index (χ4v) is 5.09. The predicted octanol–water partition coefficient (Wildman–Crippen LogP) is 5.73. The molecule has 1 aromatic heterocycles. The molecule has 1 aliphatic carbocycles. The van der Waals surface area contributed by atoms with Gasteiger partial charge in [-0.2, -0.15) is 0 Å². The molecule has 0 spiro atoms. The highest BCUT2D eigenvalue weighted by molar-refractivity contribution is 9.10. The van der Waals surface area contributed by atoms with Gasteiger partial charge in [-0.3, -0.25) is 9.59 Å². The molecule has 1 aliphatic rings. The number of benzene rings is 2. The van der Waals surface area contributed by atoms with Crippen LogP contribution in [0, 0.1) is 5.92 Å². The summed E-state index contributed by atoms with van der Waals surface area (Å²) < 4.78 is 0.959. The molecule has 0 saturated heterocycles. The van der Waals surface area contributed by atoms with Gasteiger partial charge < -0.3 is 10.2 Å². The van der Waals surface area contributed by atoms with Gasteiger partial charge in [0, 0.05) is 35.0 Å². The van der Waals surface area contributed by atoms with Crippen molar-refractivity contribution in [3.05, 3.63) is 64.6 Å². The summed E-state index contributed by atoms with van der Waals surface area (Å²) in [4.78, 5) is 27.7. The Kier molecular flexibility index (Phi) is 7.55. The van der Waals surface area contributed by atoms with E-state index in [9.17, 15) is 9.59 Å². The molecule has 8 heteroatoms. The van der Waals surface area contributed by atoms with E-state index in [4.69, 9.17) is 0 Å². The summed E-state index contributed by atoms with van der Waals surface area (Å²) in [5, 5.41) is 12.3. The lowest BCUT2D eigenvalue weighted by molar-refractivity contribution is -0.135. The average molecular weight is 527 g/mol. The highest BCUT2D eigenvalue weighted by Gasteiger charge is 2.46. The Balaban J connectivity index is 1.34. The topological polar surface area (TPSA) is 75.2 Å². The van der Waals surface area contributed by atoms with Crippen molar-refractivity contribution in [3.63, 3.8) is 0 Å². The normalized spacial score (nSPS) is 17.9. The largest absolute Gasteiger partial charge is 0.339 e. The third-order valence-electron chi connectivity index (χ3n) is 6.06. The van der Waals surface area contributed by atoms with E-state index < -0.39 is 0 Å². The summed E-state index contributed by atoms with van der Waals surface area (Å²) in [7, 11) is 0. The molecule has 0 aliphatic heterocycles. The molecular formula is C25H27BrN4O2S. The number of anilines is 1. The van der Waals surface area contributed by atoms with Gasteiger partial charge in [-0.25, -0.2) is 0 Å². The molecule has 3 unspecified atom stereocenters. The van der Waals surface area contributed by atoms with Crippen molar-refractivity contribution in [3.8, 4) is 10.6 Å². The summed E-state index contributed by atoms with van der Waals surface area (Å²) in [5.41, 5.74) is 2.16. The molecule has 3 aromatic rings. The summed E-state index contributed by atoms with van der Waals surface area (Å²) in [5.74, 6) is 0.291. The van der Waals surface area contributed by atoms with Crippen molar-refractivity contribution in [2.45, 2.75) is 45.1 Å². The second-order valence-electron chi connectivity index (χ2n) is 8.37. The van der Waals surface area contributed by atoms with Crippen LogP contribution in [0.5, 0.6) is 0 Å². The first kappa shape index (κ1) is 23.6. The molecule has 33 heavy (non-hydrogen) atoms. The van der Waals surface area contributed by atoms with Crippen LogP contribution in [0.2, 0.25) is 0 Å².